The van der Waals surface area contributed by atoms with E-state index >= 15 is 0 Å². The topological polar surface area (TPSA) is 72.2 Å². The van der Waals surface area contributed by atoms with E-state index in [-0.39, 0.29) is 11.3 Å². The van der Waals surface area contributed by atoms with Crippen molar-refractivity contribution in [1.82, 2.24) is 0 Å². The zero-order valence-corrected chi connectivity index (χ0v) is 16.7. The first-order chi connectivity index (χ1) is 13.3. The van der Waals surface area contributed by atoms with Crippen molar-refractivity contribution in [2.24, 2.45) is 0 Å². The van der Waals surface area contributed by atoms with Crippen LogP contribution in [0.3, 0.4) is 0 Å². The van der Waals surface area contributed by atoms with Crippen LogP contribution in [0.4, 0.5) is 11.4 Å². The molecule has 3 aromatic rings. The van der Waals surface area contributed by atoms with Gasteiger partial charge in [0, 0.05) is 21.0 Å². The lowest BCUT2D eigenvalue weighted by molar-refractivity contribution is -0.385. The van der Waals surface area contributed by atoms with Crippen molar-refractivity contribution >= 4 is 29.0 Å². The molecule has 0 aliphatic carbocycles. The number of anilines is 1. The van der Waals surface area contributed by atoms with Crippen LogP contribution in [0.1, 0.15) is 27.0 Å². The largest absolute Gasteiger partial charge is 0.322 e. The molecule has 0 bridgehead atoms. The van der Waals surface area contributed by atoms with Gasteiger partial charge in [-0.15, -0.1) is 0 Å². The Kier molecular flexibility index (Phi) is 5.80. The smallest absolute Gasteiger partial charge is 0.285 e. The van der Waals surface area contributed by atoms with Crippen LogP contribution in [-0.2, 0) is 0 Å². The fourth-order valence-corrected chi connectivity index (χ4v) is 3.81. The summed E-state index contributed by atoms with van der Waals surface area (Å²) >= 11 is 1.65. The van der Waals surface area contributed by atoms with Gasteiger partial charge in [-0.2, -0.15) is 0 Å². The van der Waals surface area contributed by atoms with Gasteiger partial charge in [0.25, 0.3) is 11.6 Å². The van der Waals surface area contributed by atoms with E-state index < -0.39 is 10.8 Å². The van der Waals surface area contributed by atoms with E-state index in [1.807, 2.05) is 12.1 Å². The lowest BCUT2D eigenvalue weighted by Crippen LogP contribution is -2.14. The molecule has 0 aromatic heterocycles. The van der Waals surface area contributed by atoms with Gasteiger partial charge in [-0.25, -0.2) is 0 Å². The van der Waals surface area contributed by atoms with Gasteiger partial charge >= 0.3 is 0 Å². The number of hydrogen-bond donors (Lipinski definition) is 1. The molecule has 0 radical (unpaired) electrons. The van der Waals surface area contributed by atoms with Crippen LogP contribution in [0, 0.1) is 30.9 Å². The van der Waals surface area contributed by atoms with Crippen LogP contribution >= 0.6 is 11.8 Å². The summed E-state index contributed by atoms with van der Waals surface area (Å²) in [5.74, 6) is -0.495. The van der Waals surface area contributed by atoms with Gasteiger partial charge in [-0.1, -0.05) is 41.6 Å². The number of carbonyl (C=O) groups is 1. The second-order valence-corrected chi connectivity index (χ2v) is 7.69. The third-order valence-corrected chi connectivity index (χ3v) is 5.52. The Balaban J connectivity index is 1.75. The molecule has 28 heavy (non-hydrogen) atoms. The van der Waals surface area contributed by atoms with Crippen molar-refractivity contribution in [1.29, 1.82) is 0 Å². The maximum Gasteiger partial charge on any atom is 0.285 e. The molecule has 0 fully saturated rings. The van der Waals surface area contributed by atoms with E-state index in [0.717, 1.165) is 4.90 Å². The molecule has 0 heterocycles. The van der Waals surface area contributed by atoms with Crippen LogP contribution in [0.2, 0.25) is 0 Å². The summed E-state index contributed by atoms with van der Waals surface area (Å²) < 4.78 is 0. The van der Waals surface area contributed by atoms with Gasteiger partial charge < -0.3 is 5.32 Å². The quantitative estimate of drug-likeness (QED) is 0.432. The molecule has 0 unspecified atom stereocenters. The van der Waals surface area contributed by atoms with Crippen LogP contribution < -0.4 is 5.32 Å². The molecule has 1 amide bonds. The molecule has 142 valence electrons. The summed E-state index contributed by atoms with van der Waals surface area (Å²) in [5.41, 5.74) is 3.38. The first kappa shape index (κ1) is 19.6. The van der Waals surface area contributed by atoms with Crippen LogP contribution in [0.15, 0.2) is 70.5 Å². The van der Waals surface area contributed by atoms with Crippen molar-refractivity contribution in [3.8, 4) is 0 Å². The highest BCUT2D eigenvalue weighted by Crippen LogP contribution is 2.31. The average Bonchev–Trinajstić information content (AvgIpc) is 2.65. The molecule has 0 saturated carbocycles. The highest BCUT2D eigenvalue weighted by molar-refractivity contribution is 7.99. The van der Waals surface area contributed by atoms with Crippen molar-refractivity contribution < 1.29 is 9.72 Å². The number of amides is 1. The molecule has 0 atom stereocenters. The standard InChI is InChI=1S/C22H20N2O3S/c1-14-7-12-20(16(3)13-14)28-18-10-8-17(9-11-18)23-22(25)19-6-4-5-15(2)21(19)24(26)27/h4-13H,1-3H3,(H,23,25). The number of rotatable bonds is 5. The third-order valence-electron chi connectivity index (χ3n) is 4.34. The van der Waals surface area contributed by atoms with Gasteiger partial charge in [0.15, 0.2) is 0 Å². The molecule has 5 nitrogen and oxygen atoms in total. The Bertz CT molecular complexity index is 1050. The molecule has 1 N–H and O–H groups in total. The molecule has 0 saturated heterocycles. The van der Waals surface area contributed by atoms with Crippen molar-refractivity contribution in [2.75, 3.05) is 5.32 Å². The Hall–Kier alpha value is -3.12. The SMILES string of the molecule is Cc1ccc(Sc2ccc(NC(=O)c3cccc(C)c3[N+](=O)[O-])cc2)c(C)c1. The minimum absolute atomic E-state index is 0.0544. The van der Waals surface area contributed by atoms with E-state index in [1.165, 1.54) is 22.1 Å². The van der Waals surface area contributed by atoms with Gasteiger partial charge in [0.1, 0.15) is 5.56 Å². The van der Waals surface area contributed by atoms with Crippen LogP contribution in [0.5, 0.6) is 0 Å². The monoisotopic (exact) mass is 392 g/mol. The summed E-state index contributed by atoms with van der Waals surface area (Å²) in [7, 11) is 0. The summed E-state index contributed by atoms with van der Waals surface area (Å²) in [4.78, 5) is 25.5. The van der Waals surface area contributed by atoms with Crippen LogP contribution in [0.25, 0.3) is 0 Å². The molecule has 0 aliphatic heterocycles. The number of para-hydroxylation sites is 1. The lowest BCUT2D eigenvalue weighted by atomic mass is 10.1. The lowest BCUT2D eigenvalue weighted by Gasteiger charge is -2.09. The van der Waals surface area contributed by atoms with E-state index in [0.29, 0.717) is 11.3 Å². The van der Waals surface area contributed by atoms with E-state index in [1.54, 1.807) is 43.0 Å². The number of nitrogens with one attached hydrogen (secondary N) is 1. The number of nitrogens with zero attached hydrogens (tertiary/aromatic N) is 1. The summed E-state index contributed by atoms with van der Waals surface area (Å²) in [6.45, 7) is 5.77. The number of nitro benzene ring substituents is 1. The van der Waals surface area contributed by atoms with Crippen molar-refractivity contribution in [2.45, 2.75) is 30.6 Å². The van der Waals surface area contributed by atoms with E-state index in [2.05, 4.69) is 37.4 Å². The predicted octanol–water partition coefficient (Wildman–Crippen LogP) is 5.92. The number of aryl methyl sites for hydroxylation is 3. The first-order valence-corrected chi connectivity index (χ1v) is 9.57. The molecular formula is C22H20N2O3S. The third kappa shape index (κ3) is 4.40. The highest BCUT2D eigenvalue weighted by Gasteiger charge is 2.22. The number of hydrogen-bond acceptors (Lipinski definition) is 4. The molecule has 3 aromatic carbocycles. The van der Waals surface area contributed by atoms with Gasteiger partial charge in [0.05, 0.1) is 4.92 Å². The number of benzene rings is 3. The van der Waals surface area contributed by atoms with Crippen LogP contribution in [-0.4, -0.2) is 10.8 Å². The maximum atomic E-state index is 12.5. The minimum atomic E-state index is -0.520. The van der Waals surface area contributed by atoms with Crippen molar-refractivity contribution in [3.63, 3.8) is 0 Å². The highest BCUT2D eigenvalue weighted by atomic mass is 32.2. The molecule has 0 spiro atoms. The Morgan fingerprint density at radius 3 is 2.32 bits per heavy atom. The molecular weight excluding hydrogens is 372 g/mol. The number of carbonyl (C=O) groups excluding carboxylic acids is 1. The second-order valence-electron chi connectivity index (χ2n) is 6.58. The Morgan fingerprint density at radius 2 is 1.68 bits per heavy atom. The van der Waals surface area contributed by atoms with E-state index in [4.69, 9.17) is 0 Å². The second kappa shape index (κ2) is 8.27. The normalized spacial score (nSPS) is 10.5. The fourth-order valence-electron chi connectivity index (χ4n) is 2.93. The first-order valence-electron chi connectivity index (χ1n) is 8.75. The van der Waals surface area contributed by atoms with Gasteiger partial charge in [0.2, 0.25) is 0 Å². The maximum absolute atomic E-state index is 12.5. The van der Waals surface area contributed by atoms with Gasteiger partial charge in [-0.05, 0) is 62.7 Å². The summed E-state index contributed by atoms with van der Waals surface area (Å²) in [6, 6.07) is 18.5. The minimum Gasteiger partial charge on any atom is -0.322 e. The van der Waals surface area contributed by atoms with Crippen molar-refractivity contribution in [3.05, 3.63) is 93.0 Å². The summed E-state index contributed by atoms with van der Waals surface area (Å²) in [6.07, 6.45) is 0. The Labute approximate surface area is 167 Å². The zero-order chi connectivity index (χ0) is 20.3. The molecule has 6 heteroatoms. The summed E-state index contributed by atoms with van der Waals surface area (Å²) in [5, 5.41) is 14.0. The Morgan fingerprint density at radius 1 is 0.964 bits per heavy atom. The number of nitro groups is 1. The van der Waals surface area contributed by atoms with E-state index in [9.17, 15) is 14.9 Å². The molecule has 3 rings (SSSR count). The average molecular weight is 392 g/mol. The van der Waals surface area contributed by atoms with Gasteiger partial charge in [-0.3, -0.25) is 14.9 Å². The zero-order valence-electron chi connectivity index (χ0n) is 15.9. The molecule has 0 aliphatic rings. The predicted molar refractivity (Wildman–Crippen MR) is 112 cm³/mol. The fraction of sp³-hybridized carbons (Fsp3) is 0.136.